The molecule has 0 saturated heterocycles. The van der Waals surface area contributed by atoms with Crippen LogP contribution in [0.4, 0.5) is 0 Å². The lowest BCUT2D eigenvalue weighted by molar-refractivity contribution is 0.0694. The number of carbonyl (C=O) groups is 1. The third-order valence-corrected chi connectivity index (χ3v) is 3.02. The number of benzene rings is 2. The van der Waals surface area contributed by atoms with Crippen molar-refractivity contribution >= 4 is 17.6 Å². The molecule has 0 fully saturated rings. The minimum Gasteiger partial charge on any atom is -0.478 e. The van der Waals surface area contributed by atoms with Crippen molar-refractivity contribution in [2.24, 2.45) is 0 Å². The Morgan fingerprint density at radius 1 is 1.26 bits per heavy atom. The SMILES string of the molecule is CCc1cccc(Oc2c(Cl)cccc2C(=O)O)c1. The second kappa shape index (κ2) is 5.76. The maximum atomic E-state index is 11.1. The highest BCUT2D eigenvalue weighted by Crippen LogP contribution is 2.33. The van der Waals surface area contributed by atoms with Crippen LogP contribution in [-0.2, 0) is 6.42 Å². The standard InChI is InChI=1S/C15H13ClO3/c1-2-10-5-3-6-11(9-10)19-14-12(15(17)18)7-4-8-13(14)16/h3-9H,2H2,1H3,(H,17,18). The van der Waals surface area contributed by atoms with Gasteiger partial charge < -0.3 is 9.84 Å². The lowest BCUT2D eigenvalue weighted by atomic mass is 10.1. The molecule has 0 unspecified atom stereocenters. The average molecular weight is 277 g/mol. The first-order valence-corrected chi connectivity index (χ1v) is 6.28. The predicted molar refractivity (Wildman–Crippen MR) is 74.3 cm³/mol. The molecule has 0 atom stereocenters. The topological polar surface area (TPSA) is 46.5 Å². The molecule has 0 radical (unpaired) electrons. The Balaban J connectivity index is 2.40. The van der Waals surface area contributed by atoms with E-state index in [9.17, 15) is 4.79 Å². The molecular weight excluding hydrogens is 264 g/mol. The first kappa shape index (κ1) is 13.4. The lowest BCUT2D eigenvalue weighted by Gasteiger charge is -2.11. The van der Waals surface area contributed by atoms with Crippen molar-refractivity contribution < 1.29 is 14.6 Å². The highest BCUT2D eigenvalue weighted by molar-refractivity contribution is 6.32. The summed E-state index contributed by atoms with van der Waals surface area (Å²) in [6.45, 7) is 2.04. The number of carboxylic acid groups (broad SMARTS) is 1. The van der Waals surface area contributed by atoms with Crippen molar-refractivity contribution in [3.05, 3.63) is 58.6 Å². The highest BCUT2D eigenvalue weighted by atomic mass is 35.5. The zero-order valence-electron chi connectivity index (χ0n) is 10.4. The molecule has 0 aromatic heterocycles. The van der Waals surface area contributed by atoms with Crippen LogP contribution < -0.4 is 4.74 Å². The summed E-state index contributed by atoms with van der Waals surface area (Å²) < 4.78 is 5.63. The summed E-state index contributed by atoms with van der Waals surface area (Å²) in [5.41, 5.74) is 1.16. The van der Waals surface area contributed by atoms with Crippen LogP contribution in [0.2, 0.25) is 5.02 Å². The fourth-order valence-electron chi connectivity index (χ4n) is 1.73. The molecule has 4 heteroatoms. The molecule has 0 heterocycles. The molecule has 0 aliphatic carbocycles. The second-order valence-electron chi connectivity index (χ2n) is 4.02. The van der Waals surface area contributed by atoms with Crippen molar-refractivity contribution in [1.82, 2.24) is 0 Å². The monoisotopic (exact) mass is 276 g/mol. The Kier molecular flexibility index (Phi) is 4.07. The molecule has 0 amide bonds. The maximum Gasteiger partial charge on any atom is 0.339 e. The van der Waals surface area contributed by atoms with Crippen molar-refractivity contribution in [2.45, 2.75) is 13.3 Å². The van der Waals surface area contributed by atoms with Gasteiger partial charge in [-0.1, -0.05) is 36.7 Å². The zero-order valence-corrected chi connectivity index (χ0v) is 11.1. The Hall–Kier alpha value is -2.00. The average Bonchev–Trinajstić information content (AvgIpc) is 2.41. The van der Waals surface area contributed by atoms with Crippen LogP contribution in [0.15, 0.2) is 42.5 Å². The van der Waals surface area contributed by atoms with E-state index >= 15 is 0 Å². The van der Waals surface area contributed by atoms with Crippen LogP contribution in [-0.4, -0.2) is 11.1 Å². The number of halogens is 1. The minimum absolute atomic E-state index is 0.0504. The van der Waals surface area contributed by atoms with E-state index in [-0.39, 0.29) is 16.3 Å². The van der Waals surface area contributed by atoms with Gasteiger partial charge in [-0.3, -0.25) is 0 Å². The van der Waals surface area contributed by atoms with Gasteiger partial charge in [-0.05, 0) is 36.2 Å². The van der Waals surface area contributed by atoms with Crippen molar-refractivity contribution in [2.75, 3.05) is 0 Å². The van der Waals surface area contributed by atoms with Gasteiger partial charge in [0.2, 0.25) is 0 Å². The van der Waals surface area contributed by atoms with Gasteiger partial charge in [0.1, 0.15) is 11.3 Å². The molecule has 0 bridgehead atoms. The molecule has 1 N–H and O–H groups in total. The number of aryl methyl sites for hydroxylation is 1. The van der Waals surface area contributed by atoms with E-state index in [0.717, 1.165) is 12.0 Å². The van der Waals surface area contributed by atoms with E-state index in [0.29, 0.717) is 5.75 Å². The number of para-hydroxylation sites is 1. The minimum atomic E-state index is -1.07. The van der Waals surface area contributed by atoms with Gasteiger partial charge >= 0.3 is 5.97 Å². The van der Waals surface area contributed by atoms with Crippen LogP contribution >= 0.6 is 11.6 Å². The summed E-state index contributed by atoms with van der Waals surface area (Å²) in [5.74, 6) is -0.316. The van der Waals surface area contributed by atoms with E-state index in [1.807, 2.05) is 25.1 Å². The summed E-state index contributed by atoms with van der Waals surface area (Å²) in [4.78, 5) is 11.1. The van der Waals surface area contributed by atoms with Crippen LogP contribution in [0.25, 0.3) is 0 Å². The fraction of sp³-hybridized carbons (Fsp3) is 0.133. The Morgan fingerprint density at radius 2 is 2.00 bits per heavy atom. The summed E-state index contributed by atoms with van der Waals surface area (Å²) in [6, 6.07) is 12.1. The van der Waals surface area contributed by atoms with Gasteiger partial charge in [-0.15, -0.1) is 0 Å². The fourth-order valence-corrected chi connectivity index (χ4v) is 1.94. The largest absolute Gasteiger partial charge is 0.478 e. The third kappa shape index (κ3) is 3.06. The summed E-state index contributed by atoms with van der Waals surface area (Å²) in [7, 11) is 0. The molecule has 2 aromatic rings. The van der Waals surface area contributed by atoms with Gasteiger partial charge in [-0.25, -0.2) is 4.79 Å². The molecular formula is C15H13ClO3. The molecule has 2 rings (SSSR count). The zero-order chi connectivity index (χ0) is 13.8. The summed E-state index contributed by atoms with van der Waals surface area (Å²) >= 11 is 6.01. The number of hydrogen-bond donors (Lipinski definition) is 1. The maximum absolute atomic E-state index is 11.1. The Morgan fingerprint density at radius 3 is 2.68 bits per heavy atom. The van der Waals surface area contributed by atoms with Gasteiger partial charge in [0.25, 0.3) is 0 Å². The second-order valence-corrected chi connectivity index (χ2v) is 4.43. The van der Waals surface area contributed by atoms with E-state index in [1.54, 1.807) is 18.2 Å². The van der Waals surface area contributed by atoms with E-state index < -0.39 is 5.97 Å². The van der Waals surface area contributed by atoms with Crippen LogP contribution in [0.3, 0.4) is 0 Å². The van der Waals surface area contributed by atoms with Crippen LogP contribution in [0.1, 0.15) is 22.8 Å². The molecule has 0 saturated carbocycles. The van der Waals surface area contributed by atoms with Crippen LogP contribution in [0, 0.1) is 0 Å². The first-order valence-electron chi connectivity index (χ1n) is 5.90. The molecule has 19 heavy (non-hydrogen) atoms. The summed E-state index contributed by atoms with van der Waals surface area (Å²) in [6.07, 6.45) is 0.880. The van der Waals surface area contributed by atoms with Crippen molar-refractivity contribution in [3.8, 4) is 11.5 Å². The predicted octanol–water partition coefficient (Wildman–Crippen LogP) is 4.39. The van der Waals surface area contributed by atoms with E-state index in [2.05, 4.69) is 0 Å². The normalized spacial score (nSPS) is 10.2. The van der Waals surface area contributed by atoms with Gasteiger partial charge in [0, 0.05) is 0 Å². The molecule has 2 aromatic carbocycles. The Bertz CT molecular complexity index is 608. The van der Waals surface area contributed by atoms with Crippen molar-refractivity contribution in [3.63, 3.8) is 0 Å². The van der Waals surface area contributed by atoms with Gasteiger partial charge in [0.15, 0.2) is 5.75 Å². The number of rotatable bonds is 4. The molecule has 98 valence electrons. The highest BCUT2D eigenvalue weighted by Gasteiger charge is 2.15. The number of ether oxygens (including phenoxy) is 1. The molecule has 0 aliphatic heterocycles. The Labute approximate surface area is 116 Å². The number of hydrogen-bond acceptors (Lipinski definition) is 2. The van der Waals surface area contributed by atoms with Gasteiger partial charge in [-0.2, -0.15) is 0 Å². The van der Waals surface area contributed by atoms with Crippen LogP contribution in [0.5, 0.6) is 11.5 Å². The van der Waals surface area contributed by atoms with E-state index in [4.69, 9.17) is 21.4 Å². The summed E-state index contributed by atoms with van der Waals surface area (Å²) in [5, 5.41) is 9.41. The number of carboxylic acids is 1. The van der Waals surface area contributed by atoms with E-state index in [1.165, 1.54) is 6.07 Å². The lowest BCUT2D eigenvalue weighted by Crippen LogP contribution is -2.00. The van der Waals surface area contributed by atoms with Crippen molar-refractivity contribution in [1.29, 1.82) is 0 Å². The smallest absolute Gasteiger partial charge is 0.339 e. The first-order chi connectivity index (χ1) is 9.11. The molecule has 3 nitrogen and oxygen atoms in total. The third-order valence-electron chi connectivity index (χ3n) is 2.72. The quantitative estimate of drug-likeness (QED) is 0.901. The van der Waals surface area contributed by atoms with Gasteiger partial charge in [0.05, 0.1) is 5.02 Å². The molecule has 0 spiro atoms. The molecule has 0 aliphatic rings. The number of aromatic carboxylic acids is 1.